The van der Waals surface area contributed by atoms with Crippen molar-refractivity contribution < 1.29 is 4.74 Å². The second kappa shape index (κ2) is 6.00. The first kappa shape index (κ1) is 15.7. The minimum Gasteiger partial charge on any atom is -0.378 e. The van der Waals surface area contributed by atoms with Gasteiger partial charge in [0.05, 0.1) is 30.4 Å². The number of ether oxygens (including phenoxy) is 1. The first-order valence-electron chi connectivity index (χ1n) is 8.41. The van der Waals surface area contributed by atoms with Gasteiger partial charge in [-0.2, -0.15) is 5.10 Å². The van der Waals surface area contributed by atoms with Crippen LogP contribution in [0.25, 0.3) is 33.1 Å². The molecule has 1 aliphatic heterocycles. The molecular weight excluding hydrogens is 398 g/mol. The number of aromatic amines is 3. The zero-order valence-corrected chi connectivity index (χ0v) is 15.4. The maximum Gasteiger partial charge on any atom is 0.207 e. The van der Waals surface area contributed by atoms with E-state index in [0.29, 0.717) is 18.7 Å². The molecule has 1 saturated heterocycles. The van der Waals surface area contributed by atoms with Gasteiger partial charge < -0.3 is 19.6 Å². The van der Waals surface area contributed by atoms with E-state index in [1.807, 2.05) is 18.3 Å². The Hall–Kier alpha value is -2.58. The van der Waals surface area contributed by atoms with Gasteiger partial charge in [0.1, 0.15) is 11.3 Å². The normalized spacial score (nSPS) is 15.2. The van der Waals surface area contributed by atoms with E-state index in [2.05, 4.69) is 41.0 Å². The minimum absolute atomic E-state index is 0.0256. The summed E-state index contributed by atoms with van der Waals surface area (Å²) in [4.78, 5) is 21.4. The Bertz CT molecular complexity index is 1170. The minimum atomic E-state index is -0.0256. The maximum atomic E-state index is 12.6. The van der Waals surface area contributed by atoms with Crippen molar-refractivity contribution in [2.24, 2.45) is 0 Å². The number of hydrogen-bond donors (Lipinski definition) is 3. The molecule has 1 aliphatic rings. The second-order valence-electron chi connectivity index (χ2n) is 6.36. The highest BCUT2D eigenvalue weighted by molar-refractivity contribution is 9.10. The summed E-state index contributed by atoms with van der Waals surface area (Å²) in [6, 6.07) is 5.70. The van der Waals surface area contributed by atoms with Gasteiger partial charge in [0.2, 0.25) is 5.43 Å². The molecule has 3 aromatic heterocycles. The van der Waals surface area contributed by atoms with Gasteiger partial charge >= 0.3 is 0 Å². The molecule has 0 amide bonds. The number of nitrogens with one attached hydrogen (secondary N) is 3. The Balaban J connectivity index is 1.74. The van der Waals surface area contributed by atoms with Gasteiger partial charge in [-0.15, -0.1) is 0 Å². The molecule has 26 heavy (non-hydrogen) atoms. The van der Waals surface area contributed by atoms with Crippen molar-refractivity contribution in [2.75, 3.05) is 31.2 Å². The lowest BCUT2D eigenvalue weighted by Gasteiger charge is -2.28. The summed E-state index contributed by atoms with van der Waals surface area (Å²) in [6.07, 6.45) is 3.66. The quantitative estimate of drug-likeness (QED) is 0.471. The van der Waals surface area contributed by atoms with Crippen LogP contribution in [0.3, 0.4) is 0 Å². The Morgan fingerprint density at radius 2 is 1.92 bits per heavy atom. The predicted molar refractivity (Wildman–Crippen MR) is 105 cm³/mol. The third-order valence-corrected chi connectivity index (χ3v) is 5.26. The fourth-order valence-corrected chi connectivity index (χ4v) is 4.00. The van der Waals surface area contributed by atoms with E-state index in [9.17, 15) is 4.79 Å². The zero-order chi connectivity index (χ0) is 17.7. The number of aromatic nitrogens is 4. The Morgan fingerprint density at radius 3 is 2.77 bits per heavy atom. The molecule has 1 fully saturated rings. The number of halogens is 1. The van der Waals surface area contributed by atoms with E-state index in [-0.39, 0.29) is 5.43 Å². The Labute approximate surface area is 156 Å². The lowest BCUT2D eigenvalue weighted by atomic mass is 10.0. The summed E-state index contributed by atoms with van der Waals surface area (Å²) in [5.74, 6) is 0.822. The molecule has 0 radical (unpaired) electrons. The highest BCUT2D eigenvalue weighted by atomic mass is 79.9. The number of nitrogens with zero attached hydrogens (tertiary/aromatic N) is 2. The molecule has 0 spiro atoms. The average molecular weight is 414 g/mol. The SMILES string of the molecule is O=c1cc(N2CCOCC2)[nH]c2c(-c3cc(Br)cc4cn[nH]c34)c[nH]c12. The van der Waals surface area contributed by atoms with Gasteiger partial charge in [-0.1, -0.05) is 15.9 Å². The van der Waals surface area contributed by atoms with Crippen LogP contribution in [0.2, 0.25) is 0 Å². The van der Waals surface area contributed by atoms with E-state index >= 15 is 0 Å². The van der Waals surface area contributed by atoms with Crippen LogP contribution < -0.4 is 10.3 Å². The van der Waals surface area contributed by atoms with Crippen LogP contribution in [0.1, 0.15) is 0 Å². The monoisotopic (exact) mass is 413 g/mol. The molecule has 0 aliphatic carbocycles. The summed E-state index contributed by atoms with van der Waals surface area (Å²) in [5.41, 5.74) is 4.20. The molecular formula is C18H16BrN5O2. The number of pyridine rings is 1. The summed E-state index contributed by atoms with van der Waals surface area (Å²) in [7, 11) is 0. The van der Waals surface area contributed by atoms with Gasteiger partial charge in [0, 0.05) is 46.3 Å². The molecule has 0 unspecified atom stereocenters. The van der Waals surface area contributed by atoms with Crippen molar-refractivity contribution in [3.8, 4) is 11.1 Å². The number of hydrogen-bond acceptors (Lipinski definition) is 4. The number of anilines is 1. The summed E-state index contributed by atoms with van der Waals surface area (Å²) in [6.45, 7) is 2.87. The highest BCUT2D eigenvalue weighted by Crippen LogP contribution is 2.34. The summed E-state index contributed by atoms with van der Waals surface area (Å²) in [5, 5.41) is 8.22. The molecule has 7 nitrogen and oxygen atoms in total. The van der Waals surface area contributed by atoms with Gasteiger partial charge in [0.25, 0.3) is 0 Å². The van der Waals surface area contributed by atoms with E-state index < -0.39 is 0 Å². The Morgan fingerprint density at radius 1 is 1.08 bits per heavy atom. The summed E-state index contributed by atoms with van der Waals surface area (Å²) >= 11 is 3.56. The van der Waals surface area contributed by atoms with Crippen LogP contribution in [-0.4, -0.2) is 46.5 Å². The molecule has 132 valence electrons. The van der Waals surface area contributed by atoms with Crippen LogP contribution in [0, 0.1) is 0 Å². The van der Waals surface area contributed by atoms with E-state index in [0.717, 1.165) is 50.9 Å². The largest absolute Gasteiger partial charge is 0.378 e. The van der Waals surface area contributed by atoms with Crippen LogP contribution >= 0.6 is 15.9 Å². The van der Waals surface area contributed by atoms with Crippen molar-refractivity contribution in [2.45, 2.75) is 0 Å². The fourth-order valence-electron chi connectivity index (χ4n) is 3.53. The van der Waals surface area contributed by atoms with Crippen molar-refractivity contribution in [3.63, 3.8) is 0 Å². The van der Waals surface area contributed by atoms with Crippen LogP contribution in [0.4, 0.5) is 5.82 Å². The first-order valence-corrected chi connectivity index (χ1v) is 9.20. The van der Waals surface area contributed by atoms with Gasteiger partial charge in [-0.25, -0.2) is 0 Å². The molecule has 4 heterocycles. The third-order valence-electron chi connectivity index (χ3n) is 4.80. The standard InChI is InChI=1S/C18H16BrN5O2/c19-11-5-10-8-21-23-16(10)12(6-11)13-9-20-18-14(25)7-15(22-17(13)18)24-1-3-26-4-2-24/h5-9,20H,1-4H2,(H,21,23)(H,22,25). The van der Waals surface area contributed by atoms with E-state index in [1.54, 1.807) is 12.3 Å². The van der Waals surface area contributed by atoms with Crippen molar-refractivity contribution in [1.29, 1.82) is 0 Å². The van der Waals surface area contributed by atoms with E-state index in [1.165, 1.54) is 0 Å². The smallest absolute Gasteiger partial charge is 0.207 e. The van der Waals surface area contributed by atoms with Crippen molar-refractivity contribution >= 4 is 43.7 Å². The van der Waals surface area contributed by atoms with Crippen molar-refractivity contribution in [3.05, 3.63) is 45.3 Å². The molecule has 0 saturated carbocycles. The molecule has 0 bridgehead atoms. The van der Waals surface area contributed by atoms with Gasteiger partial charge in [-0.05, 0) is 12.1 Å². The summed E-state index contributed by atoms with van der Waals surface area (Å²) < 4.78 is 6.37. The van der Waals surface area contributed by atoms with Crippen LogP contribution in [0.5, 0.6) is 0 Å². The van der Waals surface area contributed by atoms with Crippen LogP contribution in [0.15, 0.2) is 39.9 Å². The van der Waals surface area contributed by atoms with Crippen LogP contribution in [-0.2, 0) is 4.74 Å². The molecule has 1 aromatic carbocycles. The average Bonchev–Trinajstić information content (AvgIpc) is 3.28. The Kier molecular flexibility index (Phi) is 3.61. The maximum absolute atomic E-state index is 12.6. The number of H-pyrrole nitrogens is 3. The highest BCUT2D eigenvalue weighted by Gasteiger charge is 2.18. The molecule has 4 aromatic rings. The molecule has 3 N–H and O–H groups in total. The van der Waals surface area contributed by atoms with Gasteiger partial charge in [0.15, 0.2) is 0 Å². The fraction of sp³-hybridized carbons (Fsp3) is 0.222. The number of benzene rings is 1. The second-order valence-corrected chi connectivity index (χ2v) is 7.27. The topological polar surface area (TPSA) is 89.8 Å². The number of morpholine rings is 1. The number of rotatable bonds is 2. The predicted octanol–water partition coefficient (Wildman–Crippen LogP) is 3.00. The lowest BCUT2D eigenvalue weighted by Crippen LogP contribution is -2.37. The number of fused-ring (bicyclic) bond motifs is 2. The molecule has 8 heteroatoms. The van der Waals surface area contributed by atoms with Crippen molar-refractivity contribution in [1.82, 2.24) is 20.2 Å². The zero-order valence-electron chi connectivity index (χ0n) is 13.8. The third kappa shape index (κ3) is 2.45. The molecule has 0 atom stereocenters. The van der Waals surface area contributed by atoms with Gasteiger partial charge in [-0.3, -0.25) is 9.89 Å². The first-order chi connectivity index (χ1) is 12.7. The van der Waals surface area contributed by atoms with E-state index in [4.69, 9.17) is 4.74 Å². The lowest BCUT2D eigenvalue weighted by molar-refractivity contribution is 0.122. The molecule has 5 rings (SSSR count).